The number of aryl methyl sites for hydroxylation is 1. The fourth-order valence-corrected chi connectivity index (χ4v) is 5.75. The summed E-state index contributed by atoms with van der Waals surface area (Å²) in [5.74, 6) is -6.96. The number of carboxylic acid groups (broad SMARTS) is 1. The van der Waals surface area contributed by atoms with Crippen molar-refractivity contribution in [2.75, 3.05) is 0 Å². The molecule has 1 aliphatic rings. The lowest BCUT2D eigenvalue weighted by Crippen LogP contribution is -2.45. The minimum absolute atomic E-state index is 0.0799. The number of phenols is 1. The SMILES string of the molecule is CC(=CC=CC(C)C(O)C(C)C(O)C(C)C(O)C(C)C(O)C(C)C=C(C)C(=O)c1c(O)c(C)cc2c1C(=O)C=C(N)C2=O)C(=O)O. The number of carboxylic acids is 1. The van der Waals surface area contributed by atoms with Crippen molar-refractivity contribution in [1.29, 1.82) is 0 Å². The van der Waals surface area contributed by atoms with Crippen LogP contribution in [-0.4, -0.2) is 78.4 Å². The molecule has 11 nitrogen and oxygen atoms in total. The van der Waals surface area contributed by atoms with Crippen LogP contribution in [-0.2, 0) is 4.79 Å². The lowest BCUT2D eigenvalue weighted by atomic mass is 9.77. The van der Waals surface area contributed by atoms with Gasteiger partial charge in [-0.1, -0.05) is 58.9 Å². The minimum atomic E-state index is -1.22. The molecule has 9 unspecified atom stereocenters. The van der Waals surface area contributed by atoms with Crippen molar-refractivity contribution >= 4 is 23.3 Å². The second-order valence-electron chi connectivity index (χ2n) is 12.6. The van der Waals surface area contributed by atoms with Crippen LogP contribution in [0.25, 0.3) is 0 Å². The summed E-state index contributed by atoms with van der Waals surface area (Å²) in [7, 11) is 0. The van der Waals surface area contributed by atoms with Gasteiger partial charge in [0, 0.05) is 52.4 Å². The Morgan fingerprint density at radius 1 is 0.826 bits per heavy atom. The maximum absolute atomic E-state index is 13.5. The Hall–Kier alpha value is -3.90. The minimum Gasteiger partial charge on any atom is -0.507 e. The van der Waals surface area contributed by atoms with E-state index < -0.39 is 83.1 Å². The van der Waals surface area contributed by atoms with E-state index in [9.17, 15) is 44.7 Å². The number of Topliss-reactive ketones (excluding diaryl/α,β-unsaturated/α-hetero) is 2. The second-order valence-corrected chi connectivity index (χ2v) is 12.6. The van der Waals surface area contributed by atoms with E-state index in [1.807, 2.05) is 0 Å². The van der Waals surface area contributed by atoms with E-state index in [0.717, 1.165) is 6.08 Å². The highest BCUT2D eigenvalue weighted by atomic mass is 16.4. The van der Waals surface area contributed by atoms with Crippen molar-refractivity contribution in [3.63, 3.8) is 0 Å². The van der Waals surface area contributed by atoms with E-state index in [4.69, 9.17) is 10.8 Å². The average molecular weight is 642 g/mol. The number of hydrogen-bond donors (Lipinski definition) is 7. The summed E-state index contributed by atoms with van der Waals surface area (Å²) in [5.41, 5.74) is 5.15. The molecule has 0 heterocycles. The van der Waals surface area contributed by atoms with Crippen molar-refractivity contribution in [1.82, 2.24) is 0 Å². The van der Waals surface area contributed by atoms with Gasteiger partial charge in [0.15, 0.2) is 11.6 Å². The van der Waals surface area contributed by atoms with Crippen molar-refractivity contribution in [2.24, 2.45) is 35.3 Å². The van der Waals surface area contributed by atoms with Crippen LogP contribution in [0.5, 0.6) is 5.75 Å². The predicted molar refractivity (Wildman–Crippen MR) is 172 cm³/mol. The largest absolute Gasteiger partial charge is 0.507 e. The third-order valence-corrected chi connectivity index (χ3v) is 9.04. The standard InChI is InChI=1S/C35H47NO10/c1-15(10-9-11-16(2)35(45)46)28(38)20(6)32(42)22(8)33(43)21(7)29(39)17(3)12-18(4)30(40)27-26-23(13-19(5)31(27)41)34(44)24(36)14-25(26)37/h9-15,17,20-22,28-29,32-33,38-39,41-43H,36H2,1-8H3,(H,45,46). The monoisotopic (exact) mass is 641 g/mol. The Morgan fingerprint density at radius 2 is 1.33 bits per heavy atom. The Morgan fingerprint density at radius 3 is 1.85 bits per heavy atom. The third-order valence-electron chi connectivity index (χ3n) is 9.04. The van der Waals surface area contributed by atoms with Crippen LogP contribution >= 0.6 is 0 Å². The smallest absolute Gasteiger partial charge is 0.331 e. The molecule has 0 spiro atoms. The number of fused-ring (bicyclic) bond motifs is 1. The summed E-state index contributed by atoms with van der Waals surface area (Å²) in [4.78, 5) is 49.9. The summed E-state index contributed by atoms with van der Waals surface area (Å²) in [5, 5.41) is 63.8. The van der Waals surface area contributed by atoms with Crippen molar-refractivity contribution in [2.45, 2.75) is 79.8 Å². The van der Waals surface area contributed by atoms with E-state index in [2.05, 4.69) is 0 Å². The molecule has 0 bridgehead atoms. The van der Waals surface area contributed by atoms with Gasteiger partial charge >= 0.3 is 5.97 Å². The molecule has 0 amide bonds. The molecule has 2 rings (SSSR count). The lowest BCUT2D eigenvalue weighted by Gasteiger charge is -2.36. The normalized spacial score (nSPS) is 20.2. The molecular formula is C35H47NO10. The highest BCUT2D eigenvalue weighted by Gasteiger charge is 2.38. The Kier molecular flexibility index (Phi) is 13.0. The molecule has 11 heteroatoms. The Labute approximate surface area is 269 Å². The average Bonchev–Trinajstić information content (AvgIpc) is 3.01. The van der Waals surface area contributed by atoms with Gasteiger partial charge in [0.25, 0.3) is 0 Å². The van der Waals surface area contributed by atoms with Crippen LogP contribution in [0.3, 0.4) is 0 Å². The number of phenolic OH excluding ortho intramolecular Hbond substituents is 1. The van der Waals surface area contributed by atoms with Gasteiger partial charge in [-0.3, -0.25) is 14.4 Å². The van der Waals surface area contributed by atoms with Crippen LogP contribution < -0.4 is 5.73 Å². The number of aliphatic hydroxyl groups excluding tert-OH is 4. The molecule has 0 fully saturated rings. The van der Waals surface area contributed by atoms with E-state index >= 15 is 0 Å². The van der Waals surface area contributed by atoms with Gasteiger partial charge in [-0.25, -0.2) is 4.79 Å². The number of aliphatic carboxylic acids is 1. The molecule has 0 saturated carbocycles. The number of benzene rings is 1. The van der Waals surface area contributed by atoms with Crippen LogP contribution in [0.4, 0.5) is 0 Å². The van der Waals surface area contributed by atoms with Crippen molar-refractivity contribution in [3.8, 4) is 5.75 Å². The van der Waals surface area contributed by atoms with Gasteiger partial charge in [0.2, 0.25) is 5.78 Å². The summed E-state index contributed by atoms with van der Waals surface area (Å²) >= 11 is 0. The molecule has 0 radical (unpaired) electrons. The molecule has 1 aromatic carbocycles. The molecular weight excluding hydrogens is 594 g/mol. The number of allylic oxidation sites excluding steroid dienone is 5. The first-order valence-corrected chi connectivity index (χ1v) is 15.2. The number of carbonyl (C=O) groups excluding carboxylic acids is 3. The summed E-state index contributed by atoms with van der Waals surface area (Å²) in [6.45, 7) is 12.5. The zero-order valence-electron chi connectivity index (χ0n) is 27.6. The third kappa shape index (κ3) is 8.27. The molecule has 0 aliphatic heterocycles. The lowest BCUT2D eigenvalue weighted by molar-refractivity contribution is -0.132. The van der Waals surface area contributed by atoms with Crippen molar-refractivity contribution < 1.29 is 49.8 Å². The number of nitrogens with two attached hydrogens (primary N) is 1. The first-order chi connectivity index (χ1) is 21.2. The summed E-state index contributed by atoms with van der Waals surface area (Å²) < 4.78 is 0. The number of carbonyl (C=O) groups is 4. The zero-order chi connectivity index (χ0) is 35.4. The van der Waals surface area contributed by atoms with Crippen LogP contribution in [0.1, 0.15) is 85.1 Å². The molecule has 9 atom stereocenters. The van der Waals surface area contributed by atoms with Crippen LogP contribution in [0.15, 0.2) is 53.3 Å². The van der Waals surface area contributed by atoms with Gasteiger partial charge in [0.1, 0.15) is 5.75 Å². The number of hydrogen-bond acceptors (Lipinski definition) is 10. The van der Waals surface area contributed by atoms with E-state index in [0.29, 0.717) is 0 Å². The highest BCUT2D eigenvalue weighted by molar-refractivity contribution is 6.29. The molecule has 8 N–H and O–H groups in total. The fourth-order valence-electron chi connectivity index (χ4n) is 5.75. The van der Waals surface area contributed by atoms with Crippen LogP contribution in [0, 0.1) is 36.5 Å². The van der Waals surface area contributed by atoms with Gasteiger partial charge < -0.3 is 36.4 Å². The Bertz CT molecular complexity index is 1490. The van der Waals surface area contributed by atoms with E-state index in [-0.39, 0.29) is 39.1 Å². The number of aromatic hydroxyl groups is 1. The zero-order valence-corrected chi connectivity index (χ0v) is 27.6. The second kappa shape index (κ2) is 15.6. The molecule has 0 saturated heterocycles. The first kappa shape index (κ1) is 38.3. The molecule has 1 aromatic rings. The van der Waals surface area contributed by atoms with E-state index in [1.54, 1.807) is 40.7 Å². The maximum Gasteiger partial charge on any atom is 0.331 e. The summed E-state index contributed by atoms with van der Waals surface area (Å²) in [6.07, 6.45) is 2.32. The molecule has 0 aromatic heterocycles. The van der Waals surface area contributed by atoms with Gasteiger partial charge in [-0.2, -0.15) is 0 Å². The topological polar surface area (TPSA) is 216 Å². The highest BCUT2D eigenvalue weighted by Crippen LogP contribution is 2.35. The molecule has 252 valence electrons. The van der Waals surface area contributed by atoms with Gasteiger partial charge in [-0.05, 0) is 38.0 Å². The van der Waals surface area contributed by atoms with Gasteiger partial charge in [-0.15, -0.1) is 0 Å². The number of ketones is 3. The van der Waals surface area contributed by atoms with E-state index in [1.165, 1.54) is 45.1 Å². The summed E-state index contributed by atoms with van der Waals surface area (Å²) in [6, 6.07) is 1.31. The fraction of sp³-hybridized carbons (Fsp3) is 0.486. The Balaban J connectivity index is 2.21. The quantitative estimate of drug-likeness (QED) is 0.0889. The number of aliphatic hydroxyl groups is 4. The number of rotatable bonds is 14. The maximum atomic E-state index is 13.5. The molecule has 1 aliphatic carbocycles. The van der Waals surface area contributed by atoms with Crippen LogP contribution in [0.2, 0.25) is 0 Å². The first-order valence-electron chi connectivity index (χ1n) is 15.2. The predicted octanol–water partition coefficient (Wildman–Crippen LogP) is 3.26. The van der Waals surface area contributed by atoms with Crippen molar-refractivity contribution in [3.05, 3.63) is 75.5 Å². The molecule has 46 heavy (non-hydrogen) atoms. The van der Waals surface area contributed by atoms with Gasteiger partial charge in [0.05, 0.1) is 35.7 Å².